The van der Waals surface area contributed by atoms with Crippen LogP contribution in [0.15, 0.2) is 12.1 Å². The molecule has 0 saturated carbocycles. The van der Waals surface area contributed by atoms with E-state index in [4.69, 9.17) is 26.2 Å². The summed E-state index contributed by atoms with van der Waals surface area (Å²) in [5.41, 5.74) is -0.0131. The van der Waals surface area contributed by atoms with E-state index in [0.29, 0.717) is 13.2 Å². The molecule has 1 aromatic heterocycles. The zero-order valence-corrected chi connectivity index (χ0v) is 9.53. The predicted molar refractivity (Wildman–Crippen MR) is 58.2 cm³/mol. The Bertz CT molecular complexity index is 370. The summed E-state index contributed by atoms with van der Waals surface area (Å²) >= 11 is 5.65. The molecular formula is C10H12ClNO4. The molecule has 6 heteroatoms. The van der Waals surface area contributed by atoms with E-state index in [1.54, 1.807) is 0 Å². The molecule has 1 aromatic rings. The number of nitrogens with zero attached hydrogens (tertiary/aromatic N) is 1. The van der Waals surface area contributed by atoms with Gasteiger partial charge in [-0.15, -0.1) is 0 Å². The molecule has 0 atom stereocenters. The smallest absolute Gasteiger partial charge is 0.341 e. The lowest BCUT2D eigenvalue weighted by Crippen LogP contribution is -2.10. The second-order valence-corrected chi connectivity index (χ2v) is 3.22. The van der Waals surface area contributed by atoms with Crippen molar-refractivity contribution in [3.63, 3.8) is 0 Å². The van der Waals surface area contributed by atoms with Gasteiger partial charge in [0.05, 0.1) is 6.61 Å². The van der Waals surface area contributed by atoms with Gasteiger partial charge < -0.3 is 14.6 Å². The minimum absolute atomic E-state index is 0.0131. The Morgan fingerprint density at radius 1 is 1.50 bits per heavy atom. The number of carboxylic acid groups (broad SMARTS) is 1. The zero-order valence-electron chi connectivity index (χ0n) is 8.77. The van der Waals surface area contributed by atoms with Gasteiger partial charge in [0.15, 0.2) is 0 Å². The molecule has 5 nitrogen and oxygen atoms in total. The molecule has 16 heavy (non-hydrogen) atoms. The van der Waals surface area contributed by atoms with Crippen LogP contribution in [0.2, 0.25) is 5.15 Å². The molecule has 0 saturated heterocycles. The molecule has 0 radical (unpaired) electrons. The third kappa shape index (κ3) is 3.67. The van der Waals surface area contributed by atoms with Crippen molar-refractivity contribution in [2.24, 2.45) is 0 Å². The van der Waals surface area contributed by atoms with E-state index in [-0.39, 0.29) is 23.2 Å². The van der Waals surface area contributed by atoms with Gasteiger partial charge in [-0.2, -0.15) is 0 Å². The zero-order chi connectivity index (χ0) is 12.0. The Morgan fingerprint density at radius 2 is 2.25 bits per heavy atom. The van der Waals surface area contributed by atoms with Gasteiger partial charge in [-0.05, 0) is 19.1 Å². The van der Waals surface area contributed by atoms with E-state index in [1.165, 1.54) is 12.1 Å². The minimum atomic E-state index is -1.10. The molecule has 0 bridgehead atoms. The van der Waals surface area contributed by atoms with Crippen LogP contribution < -0.4 is 4.74 Å². The first-order chi connectivity index (χ1) is 7.65. The first-order valence-electron chi connectivity index (χ1n) is 4.75. The molecule has 0 amide bonds. The van der Waals surface area contributed by atoms with Gasteiger partial charge in [-0.1, -0.05) is 11.6 Å². The Balaban J connectivity index is 2.68. The number of carboxylic acids is 1. The maximum atomic E-state index is 10.8. The van der Waals surface area contributed by atoms with Gasteiger partial charge in [0.1, 0.15) is 17.3 Å². The van der Waals surface area contributed by atoms with Gasteiger partial charge in [-0.25, -0.2) is 9.78 Å². The lowest BCUT2D eigenvalue weighted by molar-refractivity contribution is 0.0685. The van der Waals surface area contributed by atoms with Crippen LogP contribution in [-0.4, -0.2) is 35.9 Å². The van der Waals surface area contributed by atoms with Crippen LogP contribution >= 0.6 is 11.6 Å². The fraction of sp³-hybridized carbons (Fsp3) is 0.400. The monoisotopic (exact) mass is 245 g/mol. The SMILES string of the molecule is CCOCCOc1nc(Cl)ccc1C(=O)O. The van der Waals surface area contributed by atoms with Crippen LogP contribution in [0.3, 0.4) is 0 Å². The third-order valence-electron chi connectivity index (χ3n) is 1.73. The third-order valence-corrected chi connectivity index (χ3v) is 1.94. The van der Waals surface area contributed by atoms with Crippen molar-refractivity contribution in [2.45, 2.75) is 6.92 Å². The minimum Gasteiger partial charge on any atom is -0.477 e. The highest BCUT2D eigenvalue weighted by Gasteiger charge is 2.13. The summed E-state index contributed by atoms with van der Waals surface area (Å²) in [6.45, 7) is 3.06. The molecule has 1 N–H and O–H groups in total. The predicted octanol–water partition coefficient (Wildman–Crippen LogP) is 1.85. The van der Waals surface area contributed by atoms with E-state index in [1.807, 2.05) is 6.92 Å². The molecule has 1 heterocycles. The van der Waals surface area contributed by atoms with Crippen LogP contribution in [0.4, 0.5) is 0 Å². The second kappa shape index (κ2) is 6.30. The molecule has 0 unspecified atom stereocenters. The lowest BCUT2D eigenvalue weighted by Gasteiger charge is -2.07. The summed E-state index contributed by atoms with van der Waals surface area (Å²) in [6, 6.07) is 2.76. The van der Waals surface area contributed by atoms with Crippen molar-refractivity contribution in [1.29, 1.82) is 0 Å². The number of hydrogen-bond donors (Lipinski definition) is 1. The number of halogens is 1. The molecule has 0 fully saturated rings. The number of pyridine rings is 1. The second-order valence-electron chi connectivity index (χ2n) is 2.84. The number of aromatic nitrogens is 1. The van der Waals surface area contributed by atoms with Gasteiger partial charge in [0.2, 0.25) is 5.88 Å². The van der Waals surface area contributed by atoms with Crippen molar-refractivity contribution in [3.8, 4) is 5.88 Å². The highest BCUT2D eigenvalue weighted by Crippen LogP contribution is 2.18. The number of carbonyl (C=O) groups is 1. The molecule has 0 aliphatic rings. The molecular weight excluding hydrogens is 234 g/mol. The highest BCUT2D eigenvalue weighted by molar-refractivity contribution is 6.29. The molecule has 0 spiro atoms. The summed E-state index contributed by atoms with van der Waals surface area (Å²) in [5.74, 6) is -1.09. The fourth-order valence-corrected chi connectivity index (χ4v) is 1.17. The quantitative estimate of drug-likeness (QED) is 0.612. The Hall–Kier alpha value is -1.33. The summed E-state index contributed by atoms with van der Waals surface area (Å²) in [7, 11) is 0. The van der Waals surface area contributed by atoms with Crippen molar-refractivity contribution < 1.29 is 19.4 Å². The van der Waals surface area contributed by atoms with E-state index in [9.17, 15) is 4.79 Å². The van der Waals surface area contributed by atoms with Gasteiger partial charge >= 0.3 is 5.97 Å². The van der Waals surface area contributed by atoms with Crippen molar-refractivity contribution >= 4 is 17.6 Å². The average Bonchev–Trinajstić information content (AvgIpc) is 2.24. The van der Waals surface area contributed by atoms with Crippen LogP contribution in [0.5, 0.6) is 5.88 Å². The molecule has 0 aromatic carbocycles. The van der Waals surface area contributed by atoms with Gasteiger partial charge in [0.25, 0.3) is 0 Å². The van der Waals surface area contributed by atoms with E-state index < -0.39 is 5.97 Å². The van der Waals surface area contributed by atoms with Crippen LogP contribution in [0, 0.1) is 0 Å². The lowest BCUT2D eigenvalue weighted by atomic mass is 10.3. The standard InChI is InChI=1S/C10H12ClNO4/c1-2-15-5-6-16-9-7(10(13)14)3-4-8(11)12-9/h3-4H,2,5-6H2,1H3,(H,13,14). The maximum Gasteiger partial charge on any atom is 0.341 e. The van der Waals surface area contributed by atoms with Crippen molar-refractivity contribution in [2.75, 3.05) is 19.8 Å². The highest BCUT2D eigenvalue weighted by atomic mass is 35.5. The van der Waals surface area contributed by atoms with Crippen LogP contribution in [0.25, 0.3) is 0 Å². The van der Waals surface area contributed by atoms with E-state index in [2.05, 4.69) is 4.98 Å². The molecule has 0 aliphatic heterocycles. The number of ether oxygens (including phenoxy) is 2. The summed E-state index contributed by atoms with van der Waals surface area (Å²) in [6.07, 6.45) is 0. The first kappa shape index (κ1) is 12.7. The molecule has 88 valence electrons. The Morgan fingerprint density at radius 3 is 2.88 bits per heavy atom. The number of rotatable bonds is 6. The van der Waals surface area contributed by atoms with E-state index >= 15 is 0 Å². The summed E-state index contributed by atoms with van der Waals surface area (Å²) in [4.78, 5) is 14.6. The number of hydrogen-bond acceptors (Lipinski definition) is 4. The Kier molecular flexibility index (Phi) is 5.01. The largest absolute Gasteiger partial charge is 0.477 e. The molecule has 1 rings (SSSR count). The van der Waals surface area contributed by atoms with Gasteiger partial charge in [-0.3, -0.25) is 0 Å². The Labute approximate surface area is 98.0 Å². The average molecular weight is 246 g/mol. The molecule has 0 aliphatic carbocycles. The summed E-state index contributed by atoms with van der Waals surface area (Å²) in [5, 5.41) is 9.06. The first-order valence-corrected chi connectivity index (χ1v) is 5.13. The van der Waals surface area contributed by atoms with Crippen LogP contribution in [0.1, 0.15) is 17.3 Å². The topological polar surface area (TPSA) is 68.7 Å². The van der Waals surface area contributed by atoms with E-state index in [0.717, 1.165) is 0 Å². The normalized spacial score (nSPS) is 10.1. The van der Waals surface area contributed by atoms with Crippen molar-refractivity contribution in [1.82, 2.24) is 4.98 Å². The number of aromatic carboxylic acids is 1. The van der Waals surface area contributed by atoms with Gasteiger partial charge in [0, 0.05) is 6.61 Å². The van der Waals surface area contributed by atoms with Crippen molar-refractivity contribution in [3.05, 3.63) is 22.8 Å². The maximum absolute atomic E-state index is 10.8. The summed E-state index contributed by atoms with van der Waals surface area (Å²) < 4.78 is 10.2. The van der Waals surface area contributed by atoms with Crippen LogP contribution in [-0.2, 0) is 4.74 Å². The fourth-order valence-electron chi connectivity index (χ4n) is 1.03.